The molecule has 0 saturated heterocycles. The number of halogens is 3. The highest BCUT2D eigenvalue weighted by Crippen LogP contribution is 2.30. The van der Waals surface area contributed by atoms with Crippen LogP contribution in [-0.2, 0) is 16.2 Å². The van der Waals surface area contributed by atoms with E-state index in [1.165, 1.54) is 18.2 Å². The molecule has 2 N–H and O–H groups in total. The van der Waals surface area contributed by atoms with Crippen molar-refractivity contribution in [1.29, 1.82) is 0 Å². The molecule has 5 nitrogen and oxygen atoms in total. The molecule has 2 rings (SSSR count). The molecule has 2 aromatic rings. The molecule has 0 aliphatic carbocycles. The summed E-state index contributed by atoms with van der Waals surface area (Å²) in [4.78, 5) is 12.2. The summed E-state index contributed by atoms with van der Waals surface area (Å²) in [5.41, 5.74) is -0.561. The fourth-order valence-electron chi connectivity index (χ4n) is 1.91. The molecule has 0 spiro atoms. The Hall–Kier alpha value is -2.55. The second-order valence-corrected chi connectivity index (χ2v) is 6.70. The number of carbonyl (C=O) groups excluding carboxylic acids is 1. The SMILES string of the molecule is CS(=O)(=O)Nc1ccccc1C(=O)Nc1ccc(C(F)(F)F)cc1. The van der Waals surface area contributed by atoms with E-state index in [-0.39, 0.29) is 16.9 Å². The number of carbonyl (C=O) groups is 1. The Kier molecular flexibility index (Phi) is 4.83. The molecule has 24 heavy (non-hydrogen) atoms. The van der Waals surface area contributed by atoms with E-state index in [9.17, 15) is 26.4 Å². The highest BCUT2D eigenvalue weighted by atomic mass is 32.2. The van der Waals surface area contributed by atoms with Crippen LogP contribution in [0.5, 0.6) is 0 Å². The van der Waals surface area contributed by atoms with Gasteiger partial charge in [-0.05, 0) is 36.4 Å². The summed E-state index contributed by atoms with van der Waals surface area (Å²) in [5, 5.41) is 2.42. The highest BCUT2D eigenvalue weighted by molar-refractivity contribution is 7.92. The first kappa shape index (κ1) is 17.8. The molecule has 0 unspecified atom stereocenters. The Morgan fingerprint density at radius 2 is 1.58 bits per heavy atom. The number of anilines is 2. The Balaban J connectivity index is 2.22. The zero-order chi connectivity index (χ0) is 18.0. The van der Waals surface area contributed by atoms with Gasteiger partial charge in [-0.25, -0.2) is 8.42 Å². The number of amides is 1. The first-order valence-corrected chi connectivity index (χ1v) is 8.51. The minimum absolute atomic E-state index is 0.0443. The molecule has 0 atom stereocenters. The van der Waals surface area contributed by atoms with Crippen LogP contribution in [-0.4, -0.2) is 20.6 Å². The number of sulfonamides is 1. The molecule has 0 aromatic heterocycles. The summed E-state index contributed by atoms with van der Waals surface area (Å²) < 4.78 is 62.4. The van der Waals surface area contributed by atoms with E-state index in [2.05, 4.69) is 10.0 Å². The normalized spacial score (nSPS) is 11.8. The summed E-state index contributed by atoms with van der Waals surface area (Å²) in [5.74, 6) is -0.651. The summed E-state index contributed by atoms with van der Waals surface area (Å²) in [7, 11) is -3.58. The molecule has 0 bridgehead atoms. The molecule has 9 heteroatoms. The lowest BCUT2D eigenvalue weighted by atomic mass is 10.1. The van der Waals surface area contributed by atoms with E-state index in [0.29, 0.717) is 0 Å². The number of para-hydroxylation sites is 1. The molecule has 1 amide bonds. The molecule has 2 aromatic carbocycles. The van der Waals surface area contributed by atoms with Crippen molar-refractivity contribution < 1.29 is 26.4 Å². The van der Waals surface area contributed by atoms with Crippen LogP contribution in [0.1, 0.15) is 15.9 Å². The van der Waals surface area contributed by atoms with Crippen LogP contribution in [0, 0.1) is 0 Å². The van der Waals surface area contributed by atoms with Gasteiger partial charge in [-0.3, -0.25) is 9.52 Å². The van der Waals surface area contributed by atoms with Gasteiger partial charge in [-0.2, -0.15) is 13.2 Å². The standard InChI is InChI=1S/C15H13F3N2O3S/c1-24(22,23)20-13-5-3-2-4-12(13)14(21)19-11-8-6-10(7-9-11)15(16,17)18/h2-9,20H,1H3,(H,19,21). The average Bonchev–Trinajstić information content (AvgIpc) is 2.45. The molecule has 0 radical (unpaired) electrons. The van der Waals surface area contributed by atoms with Crippen LogP contribution in [0.3, 0.4) is 0 Å². The number of nitrogens with one attached hydrogen (secondary N) is 2. The Bertz CT molecular complexity index is 847. The predicted octanol–water partition coefficient (Wildman–Crippen LogP) is 3.33. The number of hydrogen-bond donors (Lipinski definition) is 2. The number of benzene rings is 2. The predicted molar refractivity (Wildman–Crippen MR) is 84.3 cm³/mol. The molecular weight excluding hydrogens is 345 g/mol. The second-order valence-electron chi connectivity index (χ2n) is 4.95. The van der Waals surface area contributed by atoms with Gasteiger partial charge >= 0.3 is 6.18 Å². The van der Waals surface area contributed by atoms with Gasteiger partial charge in [0.05, 0.1) is 23.1 Å². The Morgan fingerprint density at radius 1 is 1.00 bits per heavy atom. The molecular formula is C15H13F3N2O3S. The van der Waals surface area contributed by atoms with Gasteiger partial charge in [0, 0.05) is 5.69 Å². The van der Waals surface area contributed by atoms with Crippen LogP contribution in [0.25, 0.3) is 0 Å². The van der Waals surface area contributed by atoms with E-state index in [4.69, 9.17) is 0 Å². The Morgan fingerprint density at radius 3 is 2.12 bits per heavy atom. The van der Waals surface area contributed by atoms with Crippen molar-refractivity contribution >= 4 is 27.3 Å². The van der Waals surface area contributed by atoms with Crippen LogP contribution in [0.4, 0.5) is 24.5 Å². The monoisotopic (exact) mass is 358 g/mol. The molecule has 0 fully saturated rings. The van der Waals surface area contributed by atoms with Crippen molar-refractivity contribution in [2.45, 2.75) is 6.18 Å². The second kappa shape index (κ2) is 6.52. The zero-order valence-corrected chi connectivity index (χ0v) is 13.2. The smallest absolute Gasteiger partial charge is 0.322 e. The maximum absolute atomic E-state index is 12.5. The van der Waals surface area contributed by atoms with Crippen molar-refractivity contribution in [3.05, 3.63) is 59.7 Å². The third-order valence-corrected chi connectivity index (χ3v) is 3.53. The number of rotatable bonds is 4. The van der Waals surface area contributed by atoms with Crippen LogP contribution in [0.15, 0.2) is 48.5 Å². The lowest BCUT2D eigenvalue weighted by Crippen LogP contribution is -2.17. The maximum atomic E-state index is 12.5. The van der Waals surface area contributed by atoms with Crippen LogP contribution >= 0.6 is 0 Å². The van der Waals surface area contributed by atoms with Crippen molar-refractivity contribution in [2.75, 3.05) is 16.3 Å². The van der Waals surface area contributed by atoms with E-state index < -0.39 is 27.7 Å². The van der Waals surface area contributed by atoms with Crippen LogP contribution < -0.4 is 10.0 Å². The van der Waals surface area contributed by atoms with Gasteiger partial charge in [-0.1, -0.05) is 12.1 Å². The average molecular weight is 358 g/mol. The number of hydrogen-bond acceptors (Lipinski definition) is 3. The summed E-state index contributed by atoms with van der Waals surface area (Å²) in [6, 6.07) is 9.81. The summed E-state index contributed by atoms with van der Waals surface area (Å²) in [6.45, 7) is 0. The van der Waals surface area contributed by atoms with Gasteiger partial charge in [0.1, 0.15) is 0 Å². The Labute approximate surface area is 136 Å². The van der Waals surface area contributed by atoms with Crippen molar-refractivity contribution in [3.63, 3.8) is 0 Å². The van der Waals surface area contributed by atoms with E-state index in [1.54, 1.807) is 6.07 Å². The first-order chi connectivity index (χ1) is 11.1. The first-order valence-electron chi connectivity index (χ1n) is 6.62. The van der Waals surface area contributed by atoms with Crippen molar-refractivity contribution in [2.24, 2.45) is 0 Å². The highest BCUT2D eigenvalue weighted by Gasteiger charge is 2.30. The van der Waals surface area contributed by atoms with E-state index in [1.807, 2.05) is 0 Å². The lowest BCUT2D eigenvalue weighted by molar-refractivity contribution is -0.137. The van der Waals surface area contributed by atoms with Crippen molar-refractivity contribution in [1.82, 2.24) is 0 Å². The molecule has 0 aliphatic rings. The third kappa shape index (κ3) is 4.72. The van der Waals surface area contributed by atoms with Gasteiger partial charge in [0.2, 0.25) is 10.0 Å². The molecule has 0 heterocycles. The lowest BCUT2D eigenvalue weighted by Gasteiger charge is -2.12. The quantitative estimate of drug-likeness (QED) is 0.880. The molecule has 0 saturated carbocycles. The van der Waals surface area contributed by atoms with Gasteiger partial charge in [0.25, 0.3) is 5.91 Å². The number of alkyl halides is 3. The third-order valence-electron chi connectivity index (χ3n) is 2.94. The fourth-order valence-corrected chi connectivity index (χ4v) is 2.49. The van der Waals surface area contributed by atoms with Gasteiger partial charge in [0.15, 0.2) is 0 Å². The minimum atomic E-state index is -4.46. The van der Waals surface area contributed by atoms with Crippen LogP contribution in [0.2, 0.25) is 0 Å². The molecule has 128 valence electrons. The topological polar surface area (TPSA) is 75.3 Å². The molecule has 0 aliphatic heterocycles. The largest absolute Gasteiger partial charge is 0.416 e. The summed E-state index contributed by atoms with van der Waals surface area (Å²) >= 11 is 0. The van der Waals surface area contributed by atoms with E-state index in [0.717, 1.165) is 30.5 Å². The summed E-state index contributed by atoms with van der Waals surface area (Å²) in [6.07, 6.45) is -3.52. The van der Waals surface area contributed by atoms with Gasteiger partial charge in [-0.15, -0.1) is 0 Å². The maximum Gasteiger partial charge on any atom is 0.416 e. The fraction of sp³-hybridized carbons (Fsp3) is 0.133. The van der Waals surface area contributed by atoms with E-state index >= 15 is 0 Å². The van der Waals surface area contributed by atoms with Crippen molar-refractivity contribution in [3.8, 4) is 0 Å². The van der Waals surface area contributed by atoms with Gasteiger partial charge < -0.3 is 5.32 Å². The minimum Gasteiger partial charge on any atom is -0.322 e. The zero-order valence-electron chi connectivity index (χ0n) is 12.4.